The van der Waals surface area contributed by atoms with Gasteiger partial charge in [0.05, 0.1) is 5.54 Å². The third-order valence-corrected chi connectivity index (χ3v) is 2.13. The molecule has 2 nitrogen and oxygen atoms in total. The average Bonchev–Trinajstić information content (AvgIpc) is 1.88. The van der Waals surface area contributed by atoms with Crippen molar-refractivity contribution in [3.63, 3.8) is 0 Å². The smallest absolute Gasteiger partial charge is 0.156 e. The number of hydrogen-bond acceptors (Lipinski definition) is 2. The minimum Gasteiger partial charge on any atom is -0.298 e. The second-order valence-corrected chi connectivity index (χ2v) is 3.37. The Morgan fingerprint density at radius 3 is 2.27 bits per heavy atom. The molecule has 0 amide bonds. The fourth-order valence-electron chi connectivity index (χ4n) is 0.630. The lowest BCUT2D eigenvalue weighted by Crippen LogP contribution is -2.45. The van der Waals surface area contributed by atoms with Crippen LogP contribution in [-0.4, -0.2) is 30.3 Å². The Bertz CT molecular complexity index is 159. The van der Waals surface area contributed by atoms with Gasteiger partial charge in [-0.1, -0.05) is 6.08 Å². The molecule has 0 atom stereocenters. The van der Waals surface area contributed by atoms with Crippen molar-refractivity contribution in [1.29, 1.82) is 0 Å². The van der Waals surface area contributed by atoms with Gasteiger partial charge in [0.15, 0.2) is 5.78 Å². The largest absolute Gasteiger partial charge is 0.298 e. The number of allylic oxidation sites excluding steroid dienone is 1. The Morgan fingerprint density at radius 2 is 2.00 bits per heavy atom. The van der Waals surface area contributed by atoms with Gasteiger partial charge in [-0.2, -0.15) is 0 Å². The van der Waals surface area contributed by atoms with Crippen molar-refractivity contribution >= 4 is 5.78 Å². The minimum atomic E-state index is -0.367. The lowest BCUT2D eigenvalue weighted by molar-refractivity contribution is -0.127. The van der Waals surface area contributed by atoms with Gasteiger partial charge in [-0.05, 0) is 27.9 Å². The van der Waals surface area contributed by atoms with E-state index in [1.54, 1.807) is 6.08 Å². The third-order valence-electron chi connectivity index (χ3n) is 2.13. The number of ketones is 1. The summed E-state index contributed by atoms with van der Waals surface area (Å²) in [6.07, 6.45) is 2.10. The Hall–Kier alpha value is -0.630. The molecule has 64 valence electrons. The molecule has 0 aliphatic carbocycles. The number of rotatable bonds is 4. The zero-order valence-electron chi connectivity index (χ0n) is 7.85. The highest BCUT2D eigenvalue weighted by Gasteiger charge is 2.27. The van der Waals surface area contributed by atoms with E-state index in [4.69, 9.17) is 0 Å². The van der Waals surface area contributed by atoms with E-state index >= 15 is 0 Å². The van der Waals surface area contributed by atoms with E-state index in [0.29, 0.717) is 6.42 Å². The quantitative estimate of drug-likeness (QED) is 0.573. The Balaban J connectivity index is 4.29. The van der Waals surface area contributed by atoms with E-state index in [2.05, 4.69) is 6.58 Å². The first-order valence-electron chi connectivity index (χ1n) is 3.74. The van der Waals surface area contributed by atoms with Gasteiger partial charge in [0, 0.05) is 6.42 Å². The van der Waals surface area contributed by atoms with Gasteiger partial charge >= 0.3 is 0 Å². The second-order valence-electron chi connectivity index (χ2n) is 3.37. The number of carbonyl (C=O) groups is 1. The fraction of sp³-hybridized carbons (Fsp3) is 0.667. The van der Waals surface area contributed by atoms with E-state index in [1.165, 1.54) is 0 Å². The van der Waals surface area contributed by atoms with E-state index in [0.717, 1.165) is 0 Å². The molecule has 0 aromatic carbocycles. The van der Waals surface area contributed by atoms with Crippen LogP contribution in [0.1, 0.15) is 20.3 Å². The van der Waals surface area contributed by atoms with Gasteiger partial charge in [-0.3, -0.25) is 9.69 Å². The van der Waals surface area contributed by atoms with Crippen LogP contribution in [0.2, 0.25) is 0 Å². The summed E-state index contributed by atoms with van der Waals surface area (Å²) >= 11 is 0. The minimum absolute atomic E-state index is 0.206. The van der Waals surface area contributed by atoms with Crippen molar-refractivity contribution in [2.75, 3.05) is 14.1 Å². The van der Waals surface area contributed by atoms with Gasteiger partial charge in [0.2, 0.25) is 0 Å². The molecule has 0 heterocycles. The van der Waals surface area contributed by atoms with Crippen LogP contribution < -0.4 is 0 Å². The maximum Gasteiger partial charge on any atom is 0.156 e. The lowest BCUT2D eigenvalue weighted by atomic mass is 9.95. The highest BCUT2D eigenvalue weighted by atomic mass is 16.1. The number of Topliss-reactive ketones (excluding diaryl/α,β-unsaturated/α-hetero) is 1. The second kappa shape index (κ2) is 3.67. The summed E-state index contributed by atoms with van der Waals surface area (Å²) in [5.74, 6) is 0.206. The summed E-state index contributed by atoms with van der Waals surface area (Å²) in [7, 11) is 3.81. The molecule has 0 spiro atoms. The molecule has 11 heavy (non-hydrogen) atoms. The Labute approximate surface area is 68.9 Å². The molecule has 0 radical (unpaired) electrons. The molecule has 0 aromatic heterocycles. The average molecular weight is 155 g/mol. The van der Waals surface area contributed by atoms with Gasteiger partial charge in [0.25, 0.3) is 0 Å². The molecule has 0 aromatic rings. The molecular weight excluding hydrogens is 138 g/mol. The predicted octanol–water partition coefficient (Wildman–Crippen LogP) is 1.47. The number of likely N-dealkylation sites (N-methyl/N-ethyl adjacent to an activating group) is 1. The SMILES string of the molecule is C=CCC(=O)C(C)(C)N(C)C. The Kier molecular flexibility index (Phi) is 3.46. The van der Waals surface area contributed by atoms with Crippen molar-refractivity contribution < 1.29 is 4.79 Å². The van der Waals surface area contributed by atoms with E-state index < -0.39 is 0 Å². The van der Waals surface area contributed by atoms with Crippen LogP contribution in [0.3, 0.4) is 0 Å². The van der Waals surface area contributed by atoms with Crippen molar-refractivity contribution in [3.05, 3.63) is 12.7 Å². The van der Waals surface area contributed by atoms with E-state index in [9.17, 15) is 4.79 Å². The van der Waals surface area contributed by atoms with Crippen LogP contribution >= 0.6 is 0 Å². The first-order valence-corrected chi connectivity index (χ1v) is 3.74. The highest BCUT2D eigenvalue weighted by Crippen LogP contribution is 2.13. The van der Waals surface area contributed by atoms with Crippen LogP contribution in [0.25, 0.3) is 0 Å². The molecule has 2 heteroatoms. The van der Waals surface area contributed by atoms with E-state index in [-0.39, 0.29) is 11.3 Å². The molecule has 0 aliphatic rings. The standard InChI is InChI=1S/C9H17NO/c1-6-7-8(11)9(2,3)10(4)5/h6H,1,7H2,2-5H3. The van der Waals surface area contributed by atoms with Crippen LogP contribution in [0, 0.1) is 0 Å². The van der Waals surface area contributed by atoms with Crippen molar-refractivity contribution in [3.8, 4) is 0 Å². The molecule has 0 bridgehead atoms. The molecule has 0 N–H and O–H groups in total. The number of nitrogens with zero attached hydrogens (tertiary/aromatic N) is 1. The maximum absolute atomic E-state index is 11.4. The van der Waals surface area contributed by atoms with Crippen LogP contribution in [0.5, 0.6) is 0 Å². The van der Waals surface area contributed by atoms with E-state index in [1.807, 2.05) is 32.8 Å². The monoisotopic (exact) mass is 155 g/mol. The number of hydrogen-bond donors (Lipinski definition) is 0. The third kappa shape index (κ3) is 2.46. The normalized spacial score (nSPS) is 11.7. The van der Waals surface area contributed by atoms with Gasteiger partial charge in [0.1, 0.15) is 0 Å². The summed E-state index contributed by atoms with van der Waals surface area (Å²) in [6.45, 7) is 7.37. The van der Waals surface area contributed by atoms with Crippen molar-refractivity contribution in [1.82, 2.24) is 4.90 Å². The molecule has 0 rings (SSSR count). The first kappa shape index (κ1) is 10.4. The molecule has 0 unspecified atom stereocenters. The summed E-state index contributed by atoms with van der Waals surface area (Å²) in [4.78, 5) is 13.3. The van der Waals surface area contributed by atoms with Crippen molar-refractivity contribution in [2.24, 2.45) is 0 Å². The number of carbonyl (C=O) groups excluding carboxylic acids is 1. The molecule has 0 aliphatic heterocycles. The van der Waals surface area contributed by atoms with Gasteiger partial charge in [-0.15, -0.1) is 6.58 Å². The van der Waals surface area contributed by atoms with Crippen LogP contribution in [0.15, 0.2) is 12.7 Å². The molecule has 0 saturated heterocycles. The Morgan fingerprint density at radius 1 is 1.55 bits per heavy atom. The molecule has 0 saturated carbocycles. The molecule has 0 fully saturated rings. The van der Waals surface area contributed by atoms with Crippen LogP contribution in [-0.2, 0) is 4.79 Å². The predicted molar refractivity (Wildman–Crippen MR) is 47.6 cm³/mol. The van der Waals surface area contributed by atoms with Crippen molar-refractivity contribution in [2.45, 2.75) is 25.8 Å². The zero-order chi connectivity index (χ0) is 9.07. The fourth-order valence-corrected chi connectivity index (χ4v) is 0.630. The zero-order valence-corrected chi connectivity index (χ0v) is 7.85. The summed E-state index contributed by atoms with van der Waals surface area (Å²) in [5, 5.41) is 0. The lowest BCUT2D eigenvalue weighted by Gasteiger charge is -2.30. The van der Waals surface area contributed by atoms with Gasteiger partial charge < -0.3 is 0 Å². The highest BCUT2D eigenvalue weighted by molar-refractivity contribution is 5.88. The summed E-state index contributed by atoms with van der Waals surface area (Å²) in [6, 6.07) is 0. The van der Waals surface area contributed by atoms with Crippen LogP contribution in [0.4, 0.5) is 0 Å². The first-order chi connectivity index (χ1) is 4.92. The topological polar surface area (TPSA) is 20.3 Å². The molecular formula is C9H17NO. The summed E-state index contributed by atoms with van der Waals surface area (Å²) in [5.41, 5.74) is -0.367. The summed E-state index contributed by atoms with van der Waals surface area (Å²) < 4.78 is 0. The van der Waals surface area contributed by atoms with Gasteiger partial charge in [-0.25, -0.2) is 0 Å². The maximum atomic E-state index is 11.4.